The second-order valence-corrected chi connectivity index (χ2v) is 7.20. The molecule has 106 valence electrons. The molecule has 0 aromatic carbocycles. The highest BCUT2D eigenvalue weighted by atomic mass is 32.2. The summed E-state index contributed by atoms with van der Waals surface area (Å²) in [5.74, 6) is 0.0561. The van der Waals surface area contributed by atoms with E-state index in [2.05, 4.69) is 12.2 Å². The van der Waals surface area contributed by atoms with E-state index in [0.29, 0.717) is 16.0 Å². The molecule has 1 heterocycles. The molecule has 1 fully saturated rings. The van der Waals surface area contributed by atoms with E-state index in [1.807, 2.05) is 6.26 Å². The predicted octanol–water partition coefficient (Wildman–Crippen LogP) is 4.25. The van der Waals surface area contributed by atoms with E-state index in [0.717, 1.165) is 16.4 Å². The topological polar surface area (TPSA) is 55.1 Å². The van der Waals surface area contributed by atoms with Crippen LogP contribution in [-0.4, -0.2) is 18.6 Å². The van der Waals surface area contributed by atoms with Crippen LogP contribution in [0.5, 0.6) is 0 Å². The van der Waals surface area contributed by atoms with E-state index in [1.165, 1.54) is 37.0 Å². The Morgan fingerprint density at radius 1 is 1.53 bits per heavy atom. The molecule has 1 aliphatic rings. The number of hydrogen-bond acceptors (Lipinski definition) is 5. The fourth-order valence-electron chi connectivity index (χ4n) is 2.50. The Hall–Kier alpha value is -0.680. The van der Waals surface area contributed by atoms with Gasteiger partial charge in [-0.25, -0.2) is 0 Å². The molecule has 0 atom stereocenters. The highest BCUT2D eigenvalue weighted by Gasteiger charge is 2.41. The smallest absolute Gasteiger partial charge is 0.171 e. The minimum Gasteiger partial charge on any atom is -0.396 e. The van der Waals surface area contributed by atoms with Crippen LogP contribution in [-0.2, 0) is 0 Å². The zero-order valence-electron chi connectivity index (χ0n) is 11.8. The normalized spacial score (nSPS) is 16.4. The summed E-state index contributed by atoms with van der Waals surface area (Å²) in [6.07, 6.45) is 7.18. The van der Waals surface area contributed by atoms with Gasteiger partial charge in [0.25, 0.3) is 0 Å². The molecule has 3 N–H and O–H groups in total. The van der Waals surface area contributed by atoms with Gasteiger partial charge in [-0.2, -0.15) is 0 Å². The lowest BCUT2D eigenvalue weighted by Crippen LogP contribution is -2.14. The lowest BCUT2D eigenvalue weighted by atomic mass is 10.0. The van der Waals surface area contributed by atoms with Gasteiger partial charge < -0.3 is 11.1 Å². The highest BCUT2D eigenvalue weighted by Crippen LogP contribution is 2.50. The lowest BCUT2D eigenvalue weighted by Gasteiger charge is -2.15. The van der Waals surface area contributed by atoms with E-state index in [4.69, 9.17) is 5.73 Å². The molecule has 0 unspecified atom stereocenters. The highest BCUT2D eigenvalue weighted by molar-refractivity contribution is 7.99. The van der Waals surface area contributed by atoms with Crippen LogP contribution >= 0.6 is 23.1 Å². The van der Waals surface area contributed by atoms with Crippen LogP contribution in [0.4, 0.5) is 10.7 Å². The minimum atomic E-state index is 0.0561. The van der Waals surface area contributed by atoms with Gasteiger partial charge in [-0.15, -0.1) is 23.1 Å². The number of carbonyl (C=O) groups excluding carboxylic acids is 1. The summed E-state index contributed by atoms with van der Waals surface area (Å²) in [4.78, 5) is 13.3. The van der Waals surface area contributed by atoms with Crippen LogP contribution < -0.4 is 11.1 Å². The molecular formula is C14H22N2OS2. The van der Waals surface area contributed by atoms with Crippen LogP contribution in [0.3, 0.4) is 0 Å². The quantitative estimate of drug-likeness (QED) is 0.584. The van der Waals surface area contributed by atoms with E-state index < -0.39 is 0 Å². The number of thiophene rings is 1. The molecule has 0 saturated heterocycles. The van der Waals surface area contributed by atoms with Gasteiger partial charge in [-0.3, -0.25) is 4.79 Å². The second-order valence-electron chi connectivity index (χ2n) is 5.37. The van der Waals surface area contributed by atoms with Gasteiger partial charge in [0.1, 0.15) is 5.00 Å². The maximum atomic E-state index is 11.6. The molecule has 3 nitrogen and oxygen atoms in total. The molecule has 1 saturated carbocycles. The van der Waals surface area contributed by atoms with E-state index in [1.54, 1.807) is 18.7 Å². The Morgan fingerprint density at radius 2 is 2.21 bits per heavy atom. The summed E-state index contributed by atoms with van der Waals surface area (Å²) in [5, 5.41) is 4.60. The molecule has 0 spiro atoms. The first-order valence-electron chi connectivity index (χ1n) is 6.74. The summed E-state index contributed by atoms with van der Waals surface area (Å²) in [6, 6.07) is 0. The van der Waals surface area contributed by atoms with Crippen LogP contribution in [0.2, 0.25) is 0 Å². The number of thioether (sulfide) groups is 1. The van der Waals surface area contributed by atoms with Crippen molar-refractivity contribution < 1.29 is 4.79 Å². The first-order chi connectivity index (χ1) is 9.03. The van der Waals surface area contributed by atoms with E-state index in [-0.39, 0.29) is 5.78 Å². The van der Waals surface area contributed by atoms with Crippen molar-refractivity contribution >= 4 is 39.6 Å². The summed E-state index contributed by atoms with van der Waals surface area (Å²) in [7, 11) is 0. The summed E-state index contributed by atoms with van der Waals surface area (Å²) >= 11 is 3.11. The van der Waals surface area contributed by atoms with E-state index >= 15 is 0 Å². The van der Waals surface area contributed by atoms with Gasteiger partial charge in [0, 0.05) is 13.5 Å². The number of hydrogen-bond donors (Lipinski definition) is 2. The molecule has 1 aliphatic carbocycles. The molecule has 19 heavy (non-hydrogen) atoms. The Bertz CT molecular complexity index is 478. The second kappa shape index (κ2) is 5.75. The molecule has 0 bridgehead atoms. The molecule has 0 radical (unpaired) electrons. The van der Waals surface area contributed by atoms with Crippen molar-refractivity contribution in [2.45, 2.75) is 44.4 Å². The number of rotatable bonds is 7. The fraction of sp³-hybridized carbons (Fsp3) is 0.643. The average Bonchev–Trinajstić information content (AvgIpc) is 3.04. The largest absolute Gasteiger partial charge is 0.396 e. The first-order valence-corrected chi connectivity index (χ1v) is 8.78. The number of nitrogens with one attached hydrogen (secondary N) is 1. The summed E-state index contributed by atoms with van der Waals surface area (Å²) in [5.41, 5.74) is 7.20. The Morgan fingerprint density at radius 3 is 2.68 bits per heavy atom. The minimum absolute atomic E-state index is 0.0561. The van der Waals surface area contributed by atoms with E-state index in [9.17, 15) is 4.79 Å². The molecule has 0 aliphatic heterocycles. The monoisotopic (exact) mass is 298 g/mol. The maximum absolute atomic E-state index is 11.6. The Balaban J connectivity index is 2.12. The molecule has 1 aromatic rings. The number of anilines is 2. The van der Waals surface area contributed by atoms with Crippen LogP contribution in [0, 0.1) is 5.41 Å². The number of nitrogens with two attached hydrogens (primary N) is 1. The summed E-state index contributed by atoms with van der Waals surface area (Å²) in [6.45, 7) is 4.83. The van der Waals surface area contributed by atoms with Crippen molar-refractivity contribution in [2.24, 2.45) is 5.41 Å². The van der Waals surface area contributed by atoms with Crippen molar-refractivity contribution in [1.82, 2.24) is 0 Å². The standard InChI is InChI=1S/C14H22N2OS2/c1-4-5-14(6-7-14)8-16-13-12(18-3)10(15)11(19-13)9(2)17/h16H,4-8,15H2,1-3H3. The molecule has 2 rings (SSSR count). The van der Waals surface area contributed by atoms with Crippen molar-refractivity contribution in [1.29, 1.82) is 0 Å². The van der Waals surface area contributed by atoms with Gasteiger partial charge in [0.15, 0.2) is 5.78 Å². The Kier molecular flexibility index (Phi) is 4.46. The van der Waals surface area contributed by atoms with Gasteiger partial charge in [-0.1, -0.05) is 13.3 Å². The van der Waals surface area contributed by atoms with Crippen molar-refractivity contribution in [3.8, 4) is 0 Å². The van der Waals surface area contributed by atoms with Gasteiger partial charge in [0.2, 0.25) is 0 Å². The zero-order valence-corrected chi connectivity index (χ0v) is 13.5. The maximum Gasteiger partial charge on any atom is 0.171 e. The van der Waals surface area contributed by atoms with Crippen LogP contribution in [0.1, 0.15) is 49.2 Å². The zero-order chi connectivity index (χ0) is 14.0. The van der Waals surface area contributed by atoms with Gasteiger partial charge in [0.05, 0.1) is 15.5 Å². The SMILES string of the molecule is CCCC1(CNc2sc(C(C)=O)c(N)c2SC)CC1. The van der Waals surface area contributed by atoms with Crippen molar-refractivity contribution in [3.63, 3.8) is 0 Å². The fourth-order valence-corrected chi connectivity index (χ4v) is 4.43. The Labute approximate surface area is 123 Å². The third-order valence-corrected chi connectivity index (χ3v) is 6.01. The molecule has 0 amide bonds. The third-order valence-electron chi connectivity index (χ3n) is 3.78. The molecular weight excluding hydrogens is 276 g/mol. The molecule has 1 aromatic heterocycles. The number of Topliss-reactive ketones (excluding diaryl/α,β-unsaturated/α-hetero) is 1. The number of ketones is 1. The van der Waals surface area contributed by atoms with Gasteiger partial charge >= 0.3 is 0 Å². The van der Waals surface area contributed by atoms with Crippen LogP contribution in [0.25, 0.3) is 0 Å². The van der Waals surface area contributed by atoms with Gasteiger partial charge in [-0.05, 0) is 30.9 Å². The van der Waals surface area contributed by atoms with Crippen molar-refractivity contribution in [2.75, 3.05) is 23.9 Å². The predicted molar refractivity (Wildman–Crippen MR) is 85.6 cm³/mol. The summed E-state index contributed by atoms with van der Waals surface area (Å²) < 4.78 is 0. The lowest BCUT2D eigenvalue weighted by molar-refractivity contribution is 0.102. The number of nitrogen functional groups attached to an aromatic ring is 1. The third kappa shape index (κ3) is 3.08. The molecule has 5 heteroatoms. The van der Waals surface area contributed by atoms with Crippen molar-refractivity contribution in [3.05, 3.63) is 4.88 Å². The number of carbonyl (C=O) groups is 1. The average molecular weight is 298 g/mol. The van der Waals surface area contributed by atoms with Crippen LogP contribution in [0.15, 0.2) is 4.90 Å². The first kappa shape index (κ1) is 14.7.